The number of nitrogens with zero attached hydrogens (tertiary/aromatic N) is 2. The van der Waals surface area contributed by atoms with E-state index in [1.54, 1.807) is 19.4 Å². The monoisotopic (exact) mass is 312 g/mol. The van der Waals surface area contributed by atoms with Crippen molar-refractivity contribution >= 4 is 44.9 Å². The molecule has 0 amide bonds. The summed E-state index contributed by atoms with van der Waals surface area (Å²) in [6.45, 7) is 0. The van der Waals surface area contributed by atoms with E-state index in [9.17, 15) is 0 Å². The zero-order valence-electron chi connectivity index (χ0n) is 9.04. The third-order valence-electron chi connectivity index (χ3n) is 2.08. The Balaban J connectivity index is 2.25. The summed E-state index contributed by atoms with van der Waals surface area (Å²) >= 11 is 9.30. The van der Waals surface area contributed by atoms with E-state index in [4.69, 9.17) is 11.6 Å². The minimum absolute atomic E-state index is 0.667. The fraction of sp³-hybridized carbons (Fsp3) is 0.0909. The van der Waals surface area contributed by atoms with Crippen LogP contribution in [0.1, 0.15) is 0 Å². The molecule has 0 bridgehead atoms. The molecule has 0 atom stereocenters. The first-order valence-corrected chi connectivity index (χ1v) is 6.08. The van der Waals surface area contributed by atoms with Gasteiger partial charge in [0.15, 0.2) is 5.82 Å². The maximum absolute atomic E-state index is 5.87. The summed E-state index contributed by atoms with van der Waals surface area (Å²) in [5.41, 5.74) is 0.886. The molecule has 0 aliphatic carbocycles. The van der Waals surface area contributed by atoms with Gasteiger partial charge in [0.2, 0.25) is 0 Å². The third kappa shape index (κ3) is 3.08. The number of aromatic nitrogens is 2. The molecule has 0 saturated heterocycles. The largest absolute Gasteiger partial charge is 0.372 e. The first kappa shape index (κ1) is 12.1. The van der Waals surface area contributed by atoms with Crippen LogP contribution in [0.5, 0.6) is 0 Å². The minimum Gasteiger partial charge on any atom is -0.372 e. The van der Waals surface area contributed by atoms with Crippen molar-refractivity contribution in [1.29, 1.82) is 0 Å². The fourth-order valence-electron chi connectivity index (χ4n) is 1.28. The van der Waals surface area contributed by atoms with Crippen LogP contribution in [-0.2, 0) is 0 Å². The van der Waals surface area contributed by atoms with Crippen molar-refractivity contribution in [3.05, 3.63) is 40.1 Å². The molecule has 0 aliphatic heterocycles. The summed E-state index contributed by atoms with van der Waals surface area (Å²) in [5, 5.41) is 6.76. The van der Waals surface area contributed by atoms with E-state index in [0.29, 0.717) is 16.7 Å². The second kappa shape index (κ2) is 5.33. The zero-order chi connectivity index (χ0) is 12.3. The van der Waals surface area contributed by atoms with Gasteiger partial charge in [0.05, 0.1) is 18.1 Å². The van der Waals surface area contributed by atoms with E-state index in [-0.39, 0.29) is 0 Å². The second-order valence-electron chi connectivity index (χ2n) is 3.29. The summed E-state index contributed by atoms with van der Waals surface area (Å²) < 4.78 is 0.877. The minimum atomic E-state index is 0.667. The van der Waals surface area contributed by atoms with Crippen LogP contribution in [0.2, 0.25) is 5.02 Å². The molecule has 2 aromatic rings. The van der Waals surface area contributed by atoms with Crippen LogP contribution in [0.25, 0.3) is 0 Å². The van der Waals surface area contributed by atoms with Gasteiger partial charge in [0, 0.05) is 16.5 Å². The van der Waals surface area contributed by atoms with E-state index in [1.165, 1.54) is 0 Å². The Morgan fingerprint density at radius 1 is 1.24 bits per heavy atom. The SMILES string of the molecule is CNc1cncc(Nc2ccc(Cl)cc2Br)n1. The van der Waals surface area contributed by atoms with Gasteiger partial charge >= 0.3 is 0 Å². The van der Waals surface area contributed by atoms with Gasteiger partial charge in [-0.1, -0.05) is 11.6 Å². The van der Waals surface area contributed by atoms with Crippen molar-refractivity contribution in [3.63, 3.8) is 0 Å². The van der Waals surface area contributed by atoms with E-state index in [1.807, 2.05) is 18.2 Å². The Labute approximate surface area is 113 Å². The quantitative estimate of drug-likeness (QED) is 0.907. The van der Waals surface area contributed by atoms with Crippen molar-refractivity contribution < 1.29 is 0 Å². The molecule has 0 radical (unpaired) electrons. The van der Waals surface area contributed by atoms with Crippen molar-refractivity contribution in [3.8, 4) is 0 Å². The van der Waals surface area contributed by atoms with Gasteiger partial charge in [-0.2, -0.15) is 0 Å². The Bertz CT molecular complexity index is 533. The Hall–Kier alpha value is -1.33. The lowest BCUT2D eigenvalue weighted by molar-refractivity contribution is 1.18. The molecule has 0 fully saturated rings. The predicted octanol–water partition coefficient (Wildman–Crippen LogP) is 3.68. The van der Waals surface area contributed by atoms with Crippen molar-refractivity contribution in [2.45, 2.75) is 0 Å². The average molecular weight is 314 g/mol. The number of rotatable bonds is 3. The molecule has 1 heterocycles. The molecule has 1 aromatic carbocycles. The van der Waals surface area contributed by atoms with Crippen LogP contribution in [0.3, 0.4) is 0 Å². The standard InChI is InChI=1S/C11H10BrClN4/c1-14-10-5-15-6-11(17-10)16-9-3-2-7(13)4-8(9)12/h2-6H,1H3,(H2,14,16,17). The lowest BCUT2D eigenvalue weighted by atomic mass is 10.3. The summed E-state index contributed by atoms with van der Waals surface area (Å²) in [7, 11) is 1.80. The van der Waals surface area contributed by atoms with Crippen molar-refractivity contribution in [1.82, 2.24) is 9.97 Å². The first-order chi connectivity index (χ1) is 8.19. The molecule has 0 aliphatic rings. The van der Waals surface area contributed by atoms with Crippen LogP contribution in [0.15, 0.2) is 35.1 Å². The Kier molecular flexibility index (Phi) is 3.81. The topological polar surface area (TPSA) is 49.8 Å². The lowest BCUT2D eigenvalue weighted by Gasteiger charge is -2.08. The van der Waals surface area contributed by atoms with Crippen LogP contribution in [0.4, 0.5) is 17.3 Å². The second-order valence-corrected chi connectivity index (χ2v) is 4.58. The van der Waals surface area contributed by atoms with Crippen LogP contribution >= 0.6 is 27.5 Å². The molecular weight excluding hydrogens is 304 g/mol. The maximum atomic E-state index is 5.87. The number of anilines is 3. The number of halogens is 2. The highest BCUT2D eigenvalue weighted by Gasteiger charge is 2.03. The van der Waals surface area contributed by atoms with Gasteiger partial charge in [0.25, 0.3) is 0 Å². The van der Waals surface area contributed by atoms with E-state index >= 15 is 0 Å². The van der Waals surface area contributed by atoms with Crippen LogP contribution < -0.4 is 10.6 Å². The highest BCUT2D eigenvalue weighted by atomic mass is 79.9. The van der Waals surface area contributed by atoms with Gasteiger partial charge in [-0.05, 0) is 34.1 Å². The van der Waals surface area contributed by atoms with Gasteiger partial charge < -0.3 is 10.6 Å². The highest BCUT2D eigenvalue weighted by Crippen LogP contribution is 2.28. The Morgan fingerprint density at radius 2 is 2.00 bits per heavy atom. The maximum Gasteiger partial charge on any atom is 0.151 e. The summed E-state index contributed by atoms with van der Waals surface area (Å²) in [4.78, 5) is 8.38. The normalized spacial score (nSPS) is 10.1. The van der Waals surface area contributed by atoms with E-state index in [0.717, 1.165) is 10.2 Å². The van der Waals surface area contributed by atoms with E-state index < -0.39 is 0 Å². The molecule has 17 heavy (non-hydrogen) atoms. The summed E-state index contributed by atoms with van der Waals surface area (Å²) in [6.07, 6.45) is 3.31. The summed E-state index contributed by atoms with van der Waals surface area (Å²) in [6, 6.07) is 5.50. The van der Waals surface area contributed by atoms with Crippen LogP contribution in [-0.4, -0.2) is 17.0 Å². The molecular formula is C11H10BrClN4. The van der Waals surface area contributed by atoms with Crippen molar-refractivity contribution in [2.75, 3.05) is 17.7 Å². The van der Waals surface area contributed by atoms with Crippen molar-refractivity contribution in [2.24, 2.45) is 0 Å². The molecule has 2 N–H and O–H groups in total. The fourth-order valence-corrected chi connectivity index (χ4v) is 2.06. The number of nitrogens with one attached hydrogen (secondary N) is 2. The van der Waals surface area contributed by atoms with E-state index in [2.05, 4.69) is 36.5 Å². The van der Waals surface area contributed by atoms with Gasteiger partial charge in [-0.25, -0.2) is 4.98 Å². The third-order valence-corrected chi connectivity index (χ3v) is 2.98. The molecule has 0 unspecified atom stereocenters. The molecule has 0 saturated carbocycles. The highest BCUT2D eigenvalue weighted by molar-refractivity contribution is 9.10. The lowest BCUT2D eigenvalue weighted by Crippen LogP contribution is -1.99. The zero-order valence-corrected chi connectivity index (χ0v) is 11.4. The summed E-state index contributed by atoms with van der Waals surface area (Å²) in [5.74, 6) is 1.37. The number of hydrogen-bond acceptors (Lipinski definition) is 4. The number of hydrogen-bond donors (Lipinski definition) is 2. The molecule has 2 rings (SSSR count). The van der Waals surface area contributed by atoms with Gasteiger partial charge in [0.1, 0.15) is 5.82 Å². The van der Waals surface area contributed by atoms with Gasteiger partial charge in [-0.3, -0.25) is 4.98 Å². The van der Waals surface area contributed by atoms with Crippen LogP contribution in [0, 0.1) is 0 Å². The number of benzene rings is 1. The average Bonchev–Trinajstić information content (AvgIpc) is 2.33. The van der Waals surface area contributed by atoms with Gasteiger partial charge in [-0.15, -0.1) is 0 Å². The Morgan fingerprint density at radius 3 is 2.71 bits per heavy atom. The first-order valence-electron chi connectivity index (χ1n) is 4.91. The smallest absolute Gasteiger partial charge is 0.151 e. The molecule has 88 valence electrons. The molecule has 6 heteroatoms. The molecule has 4 nitrogen and oxygen atoms in total. The predicted molar refractivity (Wildman–Crippen MR) is 74.0 cm³/mol. The molecule has 0 spiro atoms. The molecule has 1 aromatic heterocycles.